The molecular weight excluding hydrogens is 484 g/mol. The average Bonchev–Trinajstić information content (AvgIpc) is 3.26. The molecule has 3 aromatic rings. The summed E-state index contributed by atoms with van der Waals surface area (Å²) in [6, 6.07) is 19.8. The van der Waals surface area contributed by atoms with Gasteiger partial charge in [0.05, 0.1) is 16.6 Å². The highest BCUT2D eigenvalue weighted by Crippen LogP contribution is 2.50. The molecule has 164 valence electrons. The maximum atomic E-state index is 13.3. The molecule has 2 aliphatic rings. The minimum Gasteiger partial charge on any atom is -0.378 e. The second-order valence-electron chi connectivity index (χ2n) is 8.65. The third-order valence-electron chi connectivity index (χ3n) is 6.57. The van der Waals surface area contributed by atoms with Crippen LogP contribution in [0.1, 0.15) is 40.6 Å². The van der Waals surface area contributed by atoms with E-state index in [9.17, 15) is 8.42 Å². The number of fused-ring (bicyclic) bond motifs is 3. The fourth-order valence-electron chi connectivity index (χ4n) is 4.94. The lowest BCUT2D eigenvalue weighted by Crippen LogP contribution is -2.29. The first-order valence-electron chi connectivity index (χ1n) is 10.7. The molecule has 0 aromatic heterocycles. The monoisotopic (exact) mass is 508 g/mol. The minimum absolute atomic E-state index is 0.176. The van der Waals surface area contributed by atoms with Crippen molar-refractivity contribution < 1.29 is 8.42 Å². The number of hydrogen-bond acceptors (Lipinski definition) is 3. The van der Waals surface area contributed by atoms with E-state index in [0.717, 1.165) is 33.3 Å². The van der Waals surface area contributed by atoms with Crippen molar-refractivity contribution in [1.82, 2.24) is 0 Å². The van der Waals surface area contributed by atoms with Gasteiger partial charge >= 0.3 is 0 Å². The molecule has 0 fully saturated rings. The summed E-state index contributed by atoms with van der Waals surface area (Å²) in [6.45, 7) is 3.83. The van der Waals surface area contributed by atoms with Gasteiger partial charge in [0, 0.05) is 16.1 Å². The van der Waals surface area contributed by atoms with Crippen LogP contribution in [0.2, 0.25) is 0 Å². The number of benzene rings is 3. The van der Waals surface area contributed by atoms with Crippen molar-refractivity contribution in [3.8, 4) is 0 Å². The molecule has 1 aliphatic heterocycles. The highest BCUT2D eigenvalue weighted by atomic mass is 79.9. The topological polar surface area (TPSA) is 58.2 Å². The zero-order valence-corrected chi connectivity index (χ0v) is 20.4. The summed E-state index contributed by atoms with van der Waals surface area (Å²) in [4.78, 5) is 0.292. The Hall–Kier alpha value is -2.57. The maximum absolute atomic E-state index is 13.3. The van der Waals surface area contributed by atoms with Crippen molar-refractivity contribution in [2.45, 2.75) is 37.1 Å². The van der Waals surface area contributed by atoms with Crippen LogP contribution in [0.5, 0.6) is 0 Å². The standard InChI is InChI=1S/C26H25BrN2O2S/c1-16-6-3-7-17(2)25(16)29-32(30,31)20-12-13-24-23(15-20)21-10-5-11-22(21)26(28-24)18-8-4-9-19(27)14-18/h3-10,12-15,21-22,26,28-29H,11H2,1-2H3/t21-,22+,26+/m0/s1. The van der Waals surface area contributed by atoms with Gasteiger partial charge in [0.15, 0.2) is 0 Å². The fourth-order valence-corrected chi connectivity index (χ4v) is 6.59. The normalized spacial score (nSPS) is 21.5. The van der Waals surface area contributed by atoms with Gasteiger partial charge in [-0.15, -0.1) is 0 Å². The smallest absolute Gasteiger partial charge is 0.261 e. The van der Waals surface area contributed by atoms with Gasteiger partial charge < -0.3 is 5.32 Å². The largest absolute Gasteiger partial charge is 0.378 e. The van der Waals surface area contributed by atoms with Crippen molar-refractivity contribution in [2.24, 2.45) is 5.92 Å². The molecule has 0 spiro atoms. The van der Waals surface area contributed by atoms with Gasteiger partial charge in [0.25, 0.3) is 10.0 Å². The Morgan fingerprint density at radius 2 is 1.75 bits per heavy atom. The third kappa shape index (κ3) is 3.76. The summed E-state index contributed by atoms with van der Waals surface area (Å²) in [5.41, 5.74) is 5.73. The molecule has 0 bridgehead atoms. The molecule has 2 N–H and O–H groups in total. The molecule has 1 aliphatic carbocycles. The SMILES string of the molecule is Cc1cccc(C)c1NS(=O)(=O)c1ccc2c(c1)[C@H]1C=CC[C@H]1[C@@H](c1cccc(Br)c1)N2. The van der Waals surface area contributed by atoms with Gasteiger partial charge in [-0.3, -0.25) is 4.72 Å². The summed E-state index contributed by atoms with van der Waals surface area (Å²) in [5, 5.41) is 3.68. The number of anilines is 2. The van der Waals surface area contributed by atoms with Gasteiger partial charge in [0.2, 0.25) is 0 Å². The number of aryl methyl sites for hydroxylation is 2. The van der Waals surface area contributed by atoms with E-state index < -0.39 is 10.0 Å². The quantitative estimate of drug-likeness (QED) is 0.385. The molecule has 0 radical (unpaired) electrons. The van der Waals surface area contributed by atoms with Gasteiger partial charge in [0.1, 0.15) is 0 Å². The van der Waals surface area contributed by atoms with E-state index >= 15 is 0 Å². The second-order valence-corrected chi connectivity index (χ2v) is 11.2. The summed E-state index contributed by atoms with van der Waals surface area (Å²) >= 11 is 3.58. The molecule has 0 amide bonds. The van der Waals surface area contributed by atoms with E-state index in [1.54, 1.807) is 6.07 Å². The third-order valence-corrected chi connectivity index (χ3v) is 8.41. The Morgan fingerprint density at radius 1 is 1.00 bits per heavy atom. The first-order valence-corrected chi connectivity index (χ1v) is 13.0. The van der Waals surface area contributed by atoms with E-state index in [-0.39, 0.29) is 12.0 Å². The Morgan fingerprint density at radius 3 is 2.50 bits per heavy atom. The highest BCUT2D eigenvalue weighted by Gasteiger charge is 2.38. The van der Waals surface area contributed by atoms with Crippen LogP contribution in [0.3, 0.4) is 0 Å². The van der Waals surface area contributed by atoms with E-state index in [4.69, 9.17) is 0 Å². The molecular formula is C26H25BrN2O2S. The van der Waals surface area contributed by atoms with Crippen LogP contribution >= 0.6 is 15.9 Å². The van der Waals surface area contributed by atoms with Crippen molar-refractivity contribution in [2.75, 3.05) is 10.0 Å². The van der Waals surface area contributed by atoms with Crippen LogP contribution in [-0.4, -0.2) is 8.42 Å². The summed E-state index contributed by atoms with van der Waals surface area (Å²) in [7, 11) is -3.70. The van der Waals surface area contributed by atoms with Gasteiger partial charge in [-0.05, 0) is 78.8 Å². The number of hydrogen-bond donors (Lipinski definition) is 2. The first-order chi connectivity index (χ1) is 15.3. The lowest BCUT2D eigenvalue weighted by Gasteiger charge is -2.37. The number of halogens is 1. The zero-order valence-electron chi connectivity index (χ0n) is 18.0. The number of allylic oxidation sites excluding steroid dienone is 2. The Bertz CT molecular complexity index is 1310. The summed E-state index contributed by atoms with van der Waals surface area (Å²) in [5.74, 6) is 0.534. The van der Waals surface area contributed by atoms with E-state index in [2.05, 4.69) is 56.3 Å². The molecule has 0 unspecified atom stereocenters. The van der Waals surface area contributed by atoms with Gasteiger partial charge in [-0.1, -0.05) is 58.4 Å². The van der Waals surface area contributed by atoms with Gasteiger partial charge in [-0.2, -0.15) is 0 Å². The van der Waals surface area contributed by atoms with Crippen LogP contribution < -0.4 is 10.0 Å². The molecule has 0 saturated heterocycles. The molecule has 6 heteroatoms. The van der Waals surface area contributed by atoms with Gasteiger partial charge in [-0.25, -0.2) is 8.42 Å². The number of nitrogens with one attached hydrogen (secondary N) is 2. The van der Waals surface area contributed by atoms with Crippen LogP contribution in [-0.2, 0) is 10.0 Å². The van der Waals surface area contributed by atoms with E-state index in [0.29, 0.717) is 16.5 Å². The number of para-hydroxylation sites is 1. The van der Waals surface area contributed by atoms with E-state index in [1.807, 2.05) is 50.2 Å². The van der Waals surface area contributed by atoms with Crippen LogP contribution in [0, 0.1) is 19.8 Å². The first kappa shape index (κ1) is 21.3. The molecule has 4 nitrogen and oxygen atoms in total. The highest BCUT2D eigenvalue weighted by molar-refractivity contribution is 9.10. The second kappa shape index (κ2) is 8.09. The van der Waals surface area contributed by atoms with Crippen LogP contribution in [0.15, 0.2) is 82.2 Å². The predicted octanol–water partition coefficient (Wildman–Crippen LogP) is 6.69. The Balaban J connectivity index is 1.51. The summed E-state index contributed by atoms with van der Waals surface area (Å²) < 4.78 is 30.4. The lowest BCUT2D eigenvalue weighted by atomic mass is 9.77. The molecule has 0 saturated carbocycles. The van der Waals surface area contributed by atoms with Crippen molar-refractivity contribution in [3.05, 3.63) is 99.5 Å². The van der Waals surface area contributed by atoms with Crippen LogP contribution in [0.25, 0.3) is 0 Å². The van der Waals surface area contributed by atoms with Crippen molar-refractivity contribution >= 4 is 37.3 Å². The molecule has 3 atom stereocenters. The average molecular weight is 509 g/mol. The lowest BCUT2D eigenvalue weighted by molar-refractivity contribution is 0.425. The molecule has 1 heterocycles. The van der Waals surface area contributed by atoms with Crippen molar-refractivity contribution in [3.63, 3.8) is 0 Å². The Labute approximate surface area is 197 Å². The van der Waals surface area contributed by atoms with Crippen LogP contribution in [0.4, 0.5) is 11.4 Å². The number of sulfonamides is 1. The molecule has 3 aromatic carbocycles. The van der Waals surface area contributed by atoms with E-state index in [1.165, 1.54) is 5.56 Å². The maximum Gasteiger partial charge on any atom is 0.261 e. The minimum atomic E-state index is -3.70. The zero-order chi connectivity index (χ0) is 22.5. The molecule has 32 heavy (non-hydrogen) atoms. The van der Waals surface area contributed by atoms with Crippen molar-refractivity contribution in [1.29, 1.82) is 0 Å². The predicted molar refractivity (Wildman–Crippen MR) is 134 cm³/mol. The fraction of sp³-hybridized carbons (Fsp3) is 0.231. The molecule has 5 rings (SSSR count). The number of rotatable bonds is 4. The Kier molecular flexibility index (Phi) is 5.38. The summed E-state index contributed by atoms with van der Waals surface area (Å²) in [6.07, 6.45) is 5.41.